The van der Waals surface area contributed by atoms with Gasteiger partial charge < -0.3 is 4.74 Å². The fraction of sp³-hybridized carbons (Fsp3) is 0.429. The highest BCUT2D eigenvalue weighted by Gasteiger charge is 2.24. The van der Waals surface area contributed by atoms with E-state index >= 15 is 0 Å². The van der Waals surface area contributed by atoms with Crippen molar-refractivity contribution in [3.63, 3.8) is 0 Å². The van der Waals surface area contributed by atoms with Gasteiger partial charge in [-0.05, 0) is 19.1 Å². The number of hydrogen-bond acceptors (Lipinski definition) is 4. The van der Waals surface area contributed by atoms with E-state index in [0.29, 0.717) is 24.7 Å². The standard InChI is InChI=1S/C14H16ClFN4O/c1-9-17-14(19-18-9)8-20-4-5-21-13(7-20)11-3-2-10(16)6-12(11)15/h2-3,6,13H,4-5,7-8H2,1H3,(H,17,18,19). The van der Waals surface area contributed by atoms with Gasteiger partial charge in [0.05, 0.1) is 19.3 Å². The fourth-order valence-corrected chi connectivity index (χ4v) is 2.75. The van der Waals surface area contributed by atoms with E-state index in [1.807, 2.05) is 6.92 Å². The Labute approximate surface area is 127 Å². The molecule has 2 aromatic rings. The molecule has 7 heteroatoms. The number of benzene rings is 1. The second-order valence-electron chi connectivity index (χ2n) is 5.10. The first-order valence-electron chi connectivity index (χ1n) is 6.78. The van der Waals surface area contributed by atoms with Crippen molar-refractivity contribution in [1.29, 1.82) is 0 Å². The number of nitrogens with zero attached hydrogens (tertiary/aromatic N) is 3. The van der Waals surface area contributed by atoms with Crippen LogP contribution in [0.25, 0.3) is 0 Å². The van der Waals surface area contributed by atoms with Crippen molar-refractivity contribution in [2.45, 2.75) is 19.6 Å². The molecule has 2 heterocycles. The molecule has 5 nitrogen and oxygen atoms in total. The predicted octanol–water partition coefficient (Wildman–Crippen LogP) is 2.48. The summed E-state index contributed by atoms with van der Waals surface area (Å²) < 4.78 is 18.9. The molecular weight excluding hydrogens is 295 g/mol. The molecule has 1 N–H and O–H groups in total. The van der Waals surface area contributed by atoms with Gasteiger partial charge in [-0.15, -0.1) is 0 Å². The minimum atomic E-state index is -0.340. The highest BCUT2D eigenvalue weighted by molar-refractivity contribution is 6.31. The van der Waals surface area contributed by atoms with Gasteiger partial charge in [-0.2, -0.15) is 5.10 Å². The lowest BCUT2D eigenvalue weighted by atomic mass is 10.1. The molecule has 1 atom stereocenters. The zero-order chi connectivity index (χ0) is 14.8. The molecule has 0 spiro atoms. The van der Waals surface area contributed by atoms with Crippen LogP contribution in [0.3, 0.4) is 0 Å². The van der Waals surface area contributed by atoms with E-state index in [4.69, 9.17) is 16.3 Å². The van der Waals surface area contributed by atoms with Crippen molar-refractivity contribution < 1.29 is 9.13 Å². The summed E-state index contributed by atoms with van der Waals surface area (Å²) in [6, 6.07) is 4.41. The molecular formula is C14H16ClFN4O. The third-order valence-electron chi connectivity index (χ3n) is 3.47. The van der Waals surface area contributed by atoms with Crippen LogP contribution < -0.4 is 0 Å². The molecule has 1 fully saturated rings. The first-order valence-corrected chi connectivity index (χ1v) is 7.16. The Hall–Kier alpha value is -1.50. The van der Waals surface area contributed by atoms with E-state index in [0.717, 1.165) is 23.8 Å². The summed E-state index contributed by atoms with van der Waals surface area (Å²) in [4.78, 5) is 6.51. The second-order valence-corrected chi connectivity index (χ2v) is 5.50. The van der Waals surface area contributed by atoms with Gasteiger partial charge in [-0.1, -0.05) is 17.7 Å². The quantitative estimate of drug-likeness (QED) is 0.946. The molecule has 0 saturated carbocycles. The molecule has 0 bridgehead atoms. The highest BCUT2D eigenvalue weighted by atomic mass is 35.5. The largest absolute Gasteiger partial charge is 0.371 e. The van der Waals surface area contributed by atoms with E-state index in [1.54, 1.807) is 6.07 Å². The average molecular weight is 311 g/mol. The van der Waals surface area contributed by atoms with Crippen molar-refractivity contribution in [2.24, 2.45) is 0 Å². The van der Waals surface area contributed by atoms with Crippen LogP contribution in [0.4, 0.5) is 4.39 Å². The topological polar surface area (TPSA) is 54.0 Å². The van der Waals surface area contributed by atoms with Gasteiger partial charge in [0.15, 0.2) is 5.82 Å². The van der Waals surface area contributed by atoms with Crippen LogP contribution in [0.5, 0.6) is 0 Å². The Kier molecular flexibility index (Phi) is 4.19. The summed E-state index contributed by atoms with van der Waals surface area (Å²) in [5, 5.41) is 7.38. The van der Waals surface area contributed by atoms with Gasteiger partial charge in [-0.3, -0.25) is 10.00 Å². The number of rotatable bonds is 3. The monoisotopic (exact) mass is 310 g/mol. The maximum absolute atomic E-state index is 13.1. The molecule has 1 aromatic heterocycles. The van der Waals surface area contributed by atoms with Crippen LogP contribution in [-0.2, 0) is 11.3 Å². The minimum Gasteiger partial charge on any atom is -0.371 e. The number of nitrogens with one attached hydrogen (secondary N) is 1. The molecule has 3 rings (SSSR count). The molecule has 1 aliphatic heterocycles. The molecule has 0 radical (unpaired) electrons. The number of aromatic amines is 1. The second kappa shape index (κ2) is 6.09. The Bertz CT molecular complexity index is 633. The molecule has 1 unspecified atom stereocenters. The lowest BCUT2D eigenvalue weighted by Gasteiger charge is -2.32. The summed E-state index contributed by atoms with van der Waals surface area (Å²) in [5.74, 6) is 1.22. The van der Waals surface area contributed by atoms with Crippen LogP contribution in [-0.4, -0.2) is 39.8 Å². The van der Waals surface area contributed by atoms with Crippen LogP contribution in [0.15, 0.2) is 18.2 Å². The van der Waals surface area contributed by atoms with Crippen LogP contribution >= 0.6 is 11.6 Å². The summed E-state index contributed by atoms with van der Waals surface area (Å²) >= 11 is 6.11. The third-order valence-corrected chi connectivity index (χ3v) is 3.80. The van der Waals surface area contributed by atoms with Crippen LogP contribution in [0, 0.1) is 12.7 Å². The zero-order valence-electron chi connectivity index (χ0n) is 11.6. The highest BCUT2D eigenvalue weighted by Crippen LogP contribution is 2.29. The number of morpholine rings is 1. The zero-order valence-corrected chi connectivity index (χ0v) is 12.4. The number of aryl methyl sites for hydroxylation is 1. The first-order chi connectivity index (χ1) is 10.1. The van der Waals surface area contributed by atoms with Crippen molar-refractivity contribution in [1.82, 2.24) is 20.1 Å². The minimum absolute atomic E-state index is 0.160. The molecule has 1 saturated heterocycles. The normalized spacial score (nSPS) is 19.9. The molecule has 21 heavy (non-hydrogen) atoms. The fourth-order valence-electron chi connectivity index (χ4n) is 2.46. The Balaban J connectivity index is 1.70. The number of H-pyrrole nitrogens is 1. The summed E-state index contributed by atoms with van der Waals surface area (Å²) in [6.07, 6.45) is -0.160. The first kappa shape index (κ1) is 14.4. The van der Waals surface area contributed by atoms with Gasteiger partial charge in [0.25, 0.3) is 0 Å². The Morgan fingerprint density at radius 1 is 1.52 bits per heavy atom. The van der Waals surface area contributed by atoms with Gasteiger partial charge in [0.1, 0.15) is 11.6 Å². The number of ether oxygens (including phenoxy) is 1. The third kappa shape index (κ3) is 3.40. The lowest BCUT2D eigenvalue weighted by Crippen LogP contribution is -2.38. The van der Waals surface area contributed by atoms with Crippen molar-refractivity contribution in [3.05, 3.63) is 46.3 Å². The van der Waals surface area contributed by atoms with Crippen LogP contribution in [0.1, 0.15) is 23.3 Å². The van der Waals surface area contributed by atoms with E-state index in [1.165, 1.54) is 12.1 Å². The number of hydrogen-bond donors (Lipinski definition) is 1. The van der Waals surface area contributed by atoms with E-state index in [2.05, 4.69) is 20.1 Å². The molecule has 112 valence electrons. The van der Waals surface area contributed by atoms with E-state index < -0.39 is 0 Å². The molecule has 1 aromatic carbocycles. The lowest BCUT2D eigenvalue weighted by molar-refractivity contribution is -0.0336. The SMILES string of the molecule is Cc1nc(CN2CCOC(c3ccc(F)cc3Cl)C2)n[nH]1. The van der Waals surface area contributed by atoms with Crippen LogP contribution in [0.2, 0.25) is 5.02 Å². The number of aromatic nitrogens is 3. The summed E-state index contributed by atoms with van der Waals surface area (Å²) in [5.41, 5.74) is 0.814. The smallest absolute Gasteiger partial charge is 0.164 e. The van der Waals surface area contributed by atoms with Crippen molar-refractivity contribution in [2.75, 3.05) is 19.7 Å². The molecule has 0 amide bonds. The van der Waals surface area contributed by atoms with Crippen molar-refractivity contribution in [3.8, 4) is 0 Å². The number of halogens is 2. The Morgan fingerprint density at radius 3 is 3.10 bits per heavy atom. The van der Waals surface area contributed by atoms with Gasteiger partial charge in [-0.25, -0.2) is 9.37 Å². The van der Waals surface area contributed by atoms with E-state index in [9.17, 15) is 4.39 Å². The maximum Gasteiger partial charge on any atom is 0.164 e. The molecule has 1 aliphatic rings. The average Bonchev–Trinajstić information content (AvgIpc) is 2.84. The summed E-state index contributed by atoms with van der Waals surface area (Å²) in [6.45, 7) is 4.61. The van der Waals surface area contributed by atoms with Gasteiger partial charge in [0.2, 0.25) is 0 Å². The van der Waals surface area contributed by atoms with Gasteiger partial charge in [0, 0.05) is 23.7 Å². The predicted molar refractivity (Wildman–Crippen MR) is 76.5 cm³/mol. The van der Waals surface area contributed by atoms with Gasteiger partial charge >= 0.3 is 0 Å². The van der Waals surface area contributed by atoms with E-state index in [-0.39, 0.29) is 11.9 Å². The Morgan fingerprint density at radius 2 is 2.38 bits per heavy atom. The molecule has 0 aliphatic carbocycles. The summed E-state index contributed by atoms with van der Waals surface area (Å²) in [7, 11) is 0. The van der Waals surface area contributed by atoms with Crippen molar-refractivity contribution >= 4 is 11.6 Å². The maximum atomic E-state index is 13.1.